The van der Waals surface area contributed by atoms with Crippen LogP contribution in [0.5, 0.6) is 0 Å². The normalized spacial score (nSPS) is 12.0. The van der Waals surface area contributed by atoms with Gasteiger partial charge in [-0.05, 0) is 35.9 Å². The van der Waals surface area contributed by atoms with Gasteiger partial charge in [0, 0.05) is 11.1 Å². The highest BCUT2D eigenvalue weighted by atomic mass is 32.2. The number of nitrogens with one attached hydrogen (secondary N) is 1. The molecule has 0 aliphatic heterocycles. The van der Waals surface area contributed by atoms with Gasteiger partial charge in [0.2, 0.25) is 10.0 Å². The minimum absolute atomic E-state index is 0.0457. The number of nitrogen functional groups attached to an aromatic ring is 1. The summed E-state index contributed by atoms with van der Waals surface area (Å²) in [7, 11) is -3.73. The number of nitrogens with zero attached hydrogens (tertiary/aromatic N) is 2. The molecule has 0 spiro atoms. The number of thiazole rings is 2. The lowest BCUT2D eigenvalue weighted by Crippen LogP contribution is -2.11. The lowest BCUT2D eigenvalue weighted by molar-refractivity contribution is 0.598. The quantitative estimate of drug-likeness (QED) is 0.320. The molecule has 162 valence electrons. The molecule has 2 aromatic carbocycles. The van der Waals surface area contributed by atoms with E-state index in [4.69, 9.17) is 10.9 Å². The fourth-order valence-electron chi connectivity index (χ4n) is 2.74. The summed E-state index contributed by atoms with van der Waals surface area (Å²) in [6.07, 6.45) is 7.87. The summed E-state index contributed by atoms with van der Waals surface area (Å²) in [5, 5.41) is 11.6. The van der Waals surface area contributed by atoms with Crippen LogP contribution in [0.2, 0.25) is 0 Å². The van der Waals surface area contributed by atoms with Crippen LogP contribution in [0.15, 0.2) is 77.0 Å². The van der Waals surface area contributed by atoms with E-state index in [1.165, 1.54) is 34.8 Å². The van der Waals surface area contributed by atoms with Gasteiger partial charge < -0.3 is 11.1 Å². The summed E-state index contributed by atoms with van der Waals surface area (Å²) >= 11 is 2.87. The number of hydrogen-bond acceptors (Lipinski definition) is 8. The molecule has 0 bridgehead atoms. The Hall–Kier alpha value is -3.31. The predicted octanol–water partition coefficient (Wildman–Crippen LogP) is 4.97. The summed E-state index contributed by atoms with van der Waals surface area (Å²) in [4.78, 5) is 9.80. The Morgan fingerprint density at radius 2 is 1.66 bits per heavy atom. The Balaban J connectivity index is 1.44. The van der Waals surface area contributed by atoms with E-state index in [0.29, 0.717) is 16.6 Å². The second-order valence-electron chi connectivity index (χ2n) is 6.63. The lowest BCUT2D eigenvalue weighted by atomic mass is 10.2. The molecule has 0 amide bonds. The van der Waals surface area contributed by atoms with Gasteiger partial charge in [-0.15, -0.1) is 11.3 Å². The fourth-order valence-corrected chi connectivity index (χ4v) is 5.05. The number of primary sulfonamides is 1. The zero-order chi connectivity index (χ0) is 22.6. The van der Waals surface area contributed by atoms with Gasteiger partial charge in [-0.1, -0.05) is 59.9 Å². The molecule has 0 aliphatic rings. The number of aromatic nitrogens is 2. The topological polar surface area (TPSA) is 124 Å². The molecule has 0 saturated carbocycles. The molecule has 4 rings (SSSR count). The lowest BCUT2D eigenvalue weighted by Gasteiger charge is -2.03. The van der Waals surface area contributed by atoms with Crippen LogP contribution in [0, 0.1) is 0 Å². The molecule has 2 aromatic heterocycles. The summed E-state index contributed by atoms with van der Waals surface area (Å²) < 4.78 is 22.7. The standard InChI is InChI=1S/C22H19N5O2S3/c23-20-19(31-22(27-20)26-16-10-12-18(13-11-16)32(24,28)29)21-25-17(14-30-21)9-5-4-8-15-6-2-1-3-7-15/h1-14H,23H2,(H,26,27)(H2,24,28,29)/b8-4+,9-5+. The molecule has 0 saturated heterocycles. The average molecular weight is 482 g/mol. The largest absolute Gasteiger partial charge is 0.382 e. The summed E-state index contributed by atoms with van der Waals surface area (Å²) in [6.45, 7) is 0. The number of benzene rings is 2. The highest BCUT2D eigenvalue weighted by Crippen LogP contribution is 2.37. The zero-order valence-corrected chi connectivity index (χ0v) is 19.1. The monoisotopic (exact) mass is 481 g/mol. The maximum absolute atomic E-state index is 11.4. The van der Waals surface area contributed by atoms with E-state index in [1.54, 1.807) is 12.1 Å². The van der Waals surface area contributed by atoms with Gasteiger partial charge in [-0.25, -0.2) is 23.5 Å². The molecular formula is C22H19N5O2S3. The van der Waals surface area contributed by atoms with Crippen LogP contribution >= 0.6 is 22.7 Å². The van der Waals surface area contributed by atoms with Crippen molar-refractivity contribution in [2.75, 3.05) is 11.1 Å². The van der Waals surface area contributed by atoms with Crippen LogP contribution in [0.1, 0.15) is 11.3 Å². The number of allylic oxidation sites excluding steroid dienone is 2. The van der Waals surface area contributed by atoms with Gasteiger partial charge >= 0.3 is 0 Å². The van der Waals surface area contributed by atoms with Crippen molar-refractivity contribution >= 4 is 61.5 Å². The van der Waals surface area contributed by atoms with Crippen molar-refractivity contribution in [1.82, 2.24) is 9.97 Å². The molecule has 0 fully saturated rings. The second kappa shape index (κ2) is 9.45. The molecule has 4 aromatic rings. The van der Waals surface area contributed by atoms with Gasteiger partial charge in [0.15, 0.2) is 5.13 Å². The summed E-state index contributed by atoms with van der Waals surface area (Å²) in [5.41, 5.74) is 8.75. The maximum atomic E-state index is 11.4. The van der Waals surface area contributed by atoms with Crippen LogP contribution in [0.3, 0.4) is 0 Å². The van der Waals surface area contributed by atoms with Crippen LogP contribution in [0.25, 0.3) is 22.0 Å². The minimum atomic E-state index is -3.73. The number of nitrogens with two attached hydrogens (primary N) is 2. The summed E-state index contributed by atoms with van der Waals surface area (Å²) in [6, 6.07) is 16.2. The first-order valence-electron chi connectivity index (χ1n) is 9.40. The van der Waals surface area contributed by atoms with Gasteiger partial charge in [0.1, 0.15) is 15.7 Å². The molecule has 5 N–H and O–H groups in total. The van der Waals surface area contributed by atoms with Gasteiger partial charge in [0.05, 0.1) is 10.6 Å². The third kappa shape index (κ3) is 5.48. The highest BCUT2D eigenvalue weighted by Gasteiger charge is 2.14. The Kier molecular flexibility index (Phi) is 6.47. The van der Waals surface area contributed by atoms with Crippen molar-refractivity contribution in [2.45, 2.75) is 4.90 Å². The number of sulfonamides is 1. The second-order valence-corrected chi connectivity index (χ2v) is 10.1. The number of rotatable bonds is 7. The molecule has 0 atom stereocenters. The van der Waals surface area contributed by atoms with E-state index in [-0.39, 0.29) is 4.90 Å². The van der Waals surface area contributed by atoms with Crippen LogP contribution in [0.4, 0.5) is 16.6 Å². The maximum Gasteiger partial charge on any atom is 0.238 e. The molecule has 0 aliphatic carbocycles. The van der Waals surface area contributed by atoms with E-state index in [2.05, 4.69) is 15.3 Å². The van der Waals surface area contributed by atoms with Gasteiger partial charge in [0.25, 0.3) is 0 Å². The third-order valence-corrected chi connectivity index (χ3v) is 7.20. The van der Waals surface area contributed by atoms with E-state index in [1.807, 2.05) is 60.0 Å². The molecule has 7 nitrogen and oxygen atoms in total. The van der Waals surface area contributed by atoms with Crippen LogP contribution in [-0.2, 0) is 10.0 Å². The van der Waals surface area contributed by atoms with Crippen LogP contribution < -0.4 is 16.2 Å². The van der Waals surface area contributed by atoms with E-state index < -0.39 is 10.0 Å². The molecule has 0 unspecified atom stereocenters. The highest BCUT2D eigenvalue weighted by molar-refractivity contribution is 7.89. The predicted molar refractivity (Wildman–Crippen MR) is 133 cm³/mol. The molecular weight excluding hydrogens is 462 g/mol. The van der Waals surface area contributed by atoms with Crippen molar-refractivity contribution in [3.8, 4) is 9.88 Å². The van der Waals surface area contributed by atoms with E-state index in [9.17, 15) is 8.42 Å². The van der Waals surface area contributed by atoms with Crippen molar-refractivity contribution in [1.29, 1.82) is 0 Å². The van der Waals surface area contributed by atoms with Crippen LogP contribution in [-0.4, -0.2) is 18.4 Å². The molecule has 0 radical (unpaired) electrons. The van der Waals surface area contributed by atoms with Gasteiger partial charge in [-0.2, -0.15) is 0 Å². The van der Waals surface area contributed by atoms with Crippen molar-refractivity contribution < 1.29 is 8.42 Å². The Morgan fingerprint density at radius 1 is 0.938 bits per heavy atom. The Morgan fingerprint density at radius 3 is 2.38 bits per heavy atom. The fraction of sp³-hybridized carbons (Fsp3) is 0. The SMILES string of the molecule is Nc1nc(Nc2ccc(S(N)(=O)=O)cc2)sc1-c1nc(/C=C/C=C/c2ccccc2)cs1. The molecule has 32 heavy (non-hydrogen) atoms. The average Bonchev–Trinajstić information content (AvgIpc) is 3.38. The zero-order valence-electron chi connectivity index (χ0n) is 16.7. The first kappa shape index (κ1) is 21.9. The van der Waals surface area contributed by atoms with Crippen molar-refractivity contribution in [2.24, 2.45) is 5.14 Å². The summed E-state index contributed by atoms with van der Waals surface area (Å²) in [5.74, 6) is 0.382. The third-order valence-electron chi connectivity index (χ3n) is 4.27. The molecule has 2 heterocycles. The smallest absolute Gasteiger partial charge is 0.238 e. The minimum Gasteiger partial charge on any atom is -0.382 e. The molecule has 10 heteroatoms. The Labute approximate surface area is 193 Å². The van der Waals surface area contributed by atoms with Gasteiger partial charge in [-0.3, -0.25) is 0 Å². The van der Waals surface area contributed by atoms with Crippen molar-refractivity contribution in [3.63, 3.8) is 0 Å². The first-order valence-corrected chi connectivity index (χ1v) is 12.6. The van der Waals surface area contributed by atoms with Crippen molar-refractivity contribution in [3.05, 3.63) is 83.4 Å². The number of anilines is 3. The van der Waals surface area contributed by atoms with E-state index >= 15 is 0 Å². The number of hydrogen-bond donors (Lipinski definition) is 3. The van der Waals surface area contributed by atoms with E-state index in [0.717, 1.165) is 21.1 Å². The first-order chi connectivity index (χ1) is 15.4. The Bertz CT molecular complexity index is 1370.